The maximum Gasteiger partial charge on any atom is 0.0840 e. The van der Waals surface area contributed by atoms with Gasteiger partial charge in [0.05, 0.1) is 63.1 Å². The highest BCUT2D eigenvalue weighted by molar-refractivity contribution is 4.88. The van der Waals surface area contributed by atoms with E-state index in [2.05, 4.69) is 76.2 Å². The number of ether oxygens (including phenoxy) is 5. The second kappa shape index (κ2) is 12.6. The molecule has 3 rings (SSSR count). The van der Waals surface area contributed by atoms with Crippen LogP contribution < -0.4 is 0 Å². The smallest absolute Gasteiger partial charge is 0.0840 e. The lowest BCUT2D eigenvalue weighted by Gasteiger charge is -2.45. The van der Waals surface area contributed by atoms with Gasteiger partial charge in [-0.05, 0) is 69.1 Å². The van der Waals surface area contributed by atoms with Crippen molar-refractivity contribution in [3.8, 4) is 0 Å². The third kappa shape index (κ3) is 6.63. The van der Waals surface area contributed by atoms with Gasteiger partial charge in [-0.2, -0.15) is 0 Å². The summed E-state index contributed by atoms with van der Waals surface area (Å²) in [6.07, 6.45) is 1.34. The summed E-state index contributed by atoms with van der Waals surface area (Å²) in [4.78, 5) is 0. The first kappa shape index (κ1) is 29.4. The zero-order valence-electron chi connectivity index (χ0n) is 24.5. The molecule has 5 heteroatoms. The van der Waals surface area contributed by atoms with Gasteiger partial charge in [0.2, 0.25) is 0 Å². The van der Waals surface area contributed by atoms with E-state index in [4.69, 9.17) is 23.7 Å². The first-order chi connectivity index (χ1) is 16.4. The Bertz CT molecular complexity index is 642. The van der Waals surface area contributed by atoms with E-state index in [9.17, 15) is 0 Å². The Labute approximate surface area is 216 Å². The molecule has 0 bridgehead atoms. The minimum atomic E-state index is 0.132. The predicted octanol–water partition coefficient (Wildman–Crippen LogP) is 6.09. The van der Waals surface area contributed by atoms with Crippen molar-refractivity contribution in [2.45, 2.75) is 113 Å². The molecule has 3 aliphatic rings. The Hall–Kier alpha value is -0.200. The van der Waals surface area contributed by atoms with Gasteiger partial charge in [0.1, 0.15) is 0 Å². The molecule has 206 valence electrons. The Kier molecular flexibility index (Phi) is 10.5. The summed E-state index contributed by atoms with van der Waals surface area (Å²) in [6.45, 7) is 27.9. The van der Waals surface area contributed by atoms with Crippen LogP contribution in [0.3, 0.4) is 0 Å². The van der Waals surface area contributed by atoms with Crippen LogP contribution in [-0.4, -0.2) is 63.1 Å². The lowest BCUT2D eigenvalue weighted by Crippen LogP contribution is -2.49. The minimum absolute atomic E-state index is 0.132. The van der Waals surface area contributed by atoms with Gasteiger partial charge in [0.15, 0.2) is 0 Å². The van der Waals surface area contributed by atoms with E-state index in [0.29, 0.717) is 78.7 Å². The van der Waals surface area contributed by atoms with Crippen molar-refractivity contribution in [1.29, 1.82) is 0 Å². The van der Waals surface area contributed by atoms with E-state index in [0.717, 1.165) is 13.2 Å². The van der Waals surface area contributed by atoms with Crippen LogP contribution in [0, 0.1) is 53.3 Å². The van der Waals surface area contributed by atoms with Crippen molar-refractivity contribution < 1.29 is 23.7 Å². The largest absolute Gasteiger partial charge is 0.378 e. The first-order valence-electron chi connectivity index (χ1n) is 14.6. The van der Waals surface area contributed by atoms with E-state index in [-0.39, 0.29) is 24.4 Å². The second-order valence-electron chi connectivity index (χ2n) is 12.7. The molecule has 0 aromatic heterocycles. The quantitative estimate of drug-likeness (QED) is 0.407. The molecule has 3 heterocycles. The van der Waals surface area contributed by atoms with Crippen molar-refractivity contribution in [2.24, 2.45) is 53.3 Å². The van der Waals surface area contributed by atoms with Crippen LogP contribution in [0.4, 0.5) is 0 Å². The van der Waals surface area contributed by atoms with Crippen molar-refractivity contribution in [3.63, 3.8) is 0 Å². The lowest BCUT2D eigenvalue weighted by atomic mass is 9.76. The Morgan fingerprint density at radius 1 is 0.371 bits per heavy atom. The molecule has 0 amide bonds. The molecule has 0 N–H and O–H groups in total. The van der Waals surface area contributed by atoms with E-state index in [1.807, 2.05) is 0 Å². The van der Waals surface area contributed by atoms with Gasteiger partial charge < -0.3 is 23.7 Å². The SMILES string of the molecule is CC1OC(COCC2C(C)OC(COCC3C(C)OC(C)C(C)C3C)C(C)C2C)C(C)C(C)C1C. The summed E-state index contributed by atoms with van der Waals surface area (Å²) < 4.78 is 31.6. The monoisotopic (exact) mass is 496 g/mol. The van der Waals surface area contributed by atoms with Crippen molar-refractivity contribution in [3.05, 3.63) is 0 Å². The van der Waals surface area contributed by atoms with Gasteiger partial charge in [0.25, 0.3) is 0 Å². The molecule has 0 spiro atoms. The highest BCUT2D eigenvalue weighted by atomic mass is 16.6. The normalized spacial score (nSPS) is 51.3. The molecule has 3 saturated heterocycles. The molecule has 35 heavy (non-hydrogen) atoms. The molecule has 0 saturated carbocycles. The summed E-state index contributed by atoms with van der Waals surface area (Å²) in [6, 6.07) is 0. The summed E-state index contributed by atoms with van der Waals surface area (Å²) in [5.41, 5.74) is 0. The zero-order chi connectivity index (χ0) is 26.0. The molecule has 15 unspecified atom stereocenters. The molecular weight excluding hydrogens is 440 g/mol. The van der Waals surface area contributed by atoms with Crippen LogP contribution in [-0.2, 0) is 23.7 Å². The maximum atomic E-state index is 6.51. The van der Waals surface area contributed by atoms with E-state index in [1.165, 1.54) is 0 Å². The van der Waals surface area contributed by atoms with E-state index < -0.39 is 0 Å². The Morgan fingerprint density at radius 3 is 1.29 bits per heavy atom. The summed E-state index contributed by atoms with van der Waals surface area (Å²) in [5.74, 6) is 4.71. The van der Waals surface area contributed by atoms with Gasteiger partial charge in [0, 0.05) is 11.8 Å². The number of rotatable bonds is 8. The molecule has 5 nitrogen and oxygen atoms in total. The molecule has 0 radical (unpaired) electrons. The van der Waals surface area contributed by atoms with E-state index in [1.54, 1.807) is 0 Å². The average molecular weight is 497 g/mol. The second-order valence-corrected chi connectivity index (χ2v) is 12.7. The zero-order valence-corrected chi connectivity index (χ0v) is 24.5. The van der Waals surface area contributed by atoms with Crippen LogP contribution in [0.15, 0.2) is 0 Å². The average Bonchev–Trinajstić information content (AvgIpc) is 2.81. The number of hydrogen-bond acceptors (Lipinski definition) is 5. The fourth-order valence-electron chi connectivity index (χ4n) is 6.83. The third-order valence-corrected chi connectivity index (χ3v) is 10.9. The molecule has 15 atom stereocenters. The van der Waals surface area contributed by atoms with Gasteiger partial charge in [-0.15, -0.1) is 0 Å². The molecule has 3 aliphatic heterocycles. The molecule has 3 fully saturated rings. The van der Waals surface area contributed by atoms with E-state index >= 15 is 0 Å². The minimum Gasteiger partial charge on any atom is -0.378 e. The standard InChI is InChI=1S/C30H56O5/c1-16-17(2)24(9)34-29(21(16)6)14-32-13-28-20(5)22(7)30(35-26(28)11)15-31-12-27-19(4)18(3)23(8)33-25(27)10/h16-30H,12-15H2,1-11H3. The van der Waals surface area contributed by atoms with Crippen LogP contribution in [0.5, 0.6) is 0 Å². The molecule has 0 aliphatic carbocycles. The maximum absolute atomic E-state index is 6.51. The van der Waals surface area contributed by atoms with Gasteiger partial charge in [-0.25, -0.2) is 0 Å². The predicted molar refractivity (Wildman–Crippen MR) is 141 cm³/mol. The van der Waals surface area contributed by atoms with Crippen LogP contribution in [0.1, 0.15) is 76.2 Å². The molecule has 0 aromatic rings. The highest BCUT2D eigenvalue weighted by Gasteiger charge is 2.42. The molecular formula is C30H56O5. The fourth-order valence-corrected chi connectivity index (χ4v) is 6.83. The van der Waals surface area contributed by atoms with Gasteiger partial charge in [-0.3, -0.25) is 0 Å². The van der Waals surface area contributed by atoms with Crippen molar-refractivity contribution in [1.82, 2.24) is 0 Å². The summed E-state index contributed by atoms with van der Waals surface area (Å²) in [7, 11) is 0. The van der Waals surface area contributed by atoms with Crippen LogP contribution in [0.25, 0.3) is 0 Å². The topological polar surface area (TPSA) is 46.2 Å². The van der Waals surface area contributed by atoms with Crippen LogP contribution >= 0.6 is 0 Å². The summed E-state index contributed by atoms with van der Waals surface area (Å²) in [5, 5.41) is 0. The van der Waals surface area contributed by atoms with Crippen LogP contribution in [0.2, 0.25) is 0 Å². The molecule has 0 aromatic carbocycles. The van der Waals surface area contributed by atoms with Crippen molar-refractivity contribution >= 4 is 0 Å². The lowest BCUT2D eigenvalue weighted by molar-refractivity contribution is -0.185. The summed E-state index contributed by atoms with van der Waals surface area (Å²) >= 11 is 0. The van der Waals surface area contributed by atoms with Gasteiger partial charge in [-0.1, -0.05) is 48.5 Å². The third-order valence-electron chi connectivity index (χ3n) is 10.9. The Morgan fingerprint density at radius 2 is 0.743 bits per heavy atom. The fraction of sp³-hybridized carbons (Fsp3) is 1.00. The highest BCUT2D eigenvalue weighted by Crippen LogP contribution is 2.38. The Balaban J connectivity index is 1.44. The number of hydrogen-bond donors (Lipinski definition) is 0. The first-order valence-corrected chi connectivity index (χ1v) is 14.6. The van der Waals surface area contributed by atoms with Crippen molar-refractivity contribution in [2.75, 3.05) is 26.4 Å². The van der Waals surface area contributed by atoms with Gasteiger partial charge >= 0.3 is 0 Å².